The molecule has 12 heavy (non-hydrogen) atoms. The van der Waals surface area contributed by atoms with Gasteiger partial charge >= 0.3 is 0 Å². The second-order valence-electron chi connectivity index (χ2n) is 4.29. The van der Waals surface area contributed by atoms with Crippen LogP contribution in [0.4, 0.5) is 0 Å². The van der Waals surface area contributed by atoms with E-state index in [-0.39, 0.29) is 6.29 Å². The third kappa shape index (κ3) is 1.38. The van der Waals surface area contributed by atoms with E-state index >= 15 is 0 Å². The van der Waals surface area contributed by atoms with Crippen LogP contribution in [0.1, 0.15) is 26.7 Å². The minimum atomic E-state index is 0.131. The second kappa shape index (κ2) is 3.35. The minimum Gasteiger partial charge on any atom is -0.352 e. The molecule has 2 heterocycles. The van der Waals surface area contributed by atoms with Crippen molar-refractivity contribution in [2.75, 3.05) is 13.2 Å². The van der Waals surface area contributed by atoms with Crippen molar-refractivity contribution in [1.29, 1.82) is 0 Å². The van der Waals surface area contributed by atoms with Gasteiger partial charge in [-0.1, -0.05) is 13.8 Å². The molecule has 0 aromatic heterocycles. The van der Waals surface area contributed by atoms with Crippen molar-refractivity contribution in [3.8, 4) is 0 Å². The molecule has 2 heteroatoms. The maximum Gasteiger partial charge on any atom is 0.160 e. The third-order valence-corrected chi connectivity index (χ3v) is 3.17. The number of hydrogen-bond acceptors (Lipinski definition) is 2. The van der Waals surface area contributed by atoms with Gasteiger partial charge in [0.1, 0.15) is 0 Å². The fourth-order valence-corrected chi connectivity index (χ4v) is 2.38. The molecule has 0 radical (unpaired) electrons. The first-order valence-electron chi connectivity index (χ1n) is 5.02. The predicted octanol–water partition coefficient (Wildman–Crippen LogP) is 2.04. The standard InChI is InChI=1S/C10H18O2/c1-7(2)9-6-12-10-8(9)4-3-5-11-10/h7-10H,3-6H2,1-2H3. The number of ether oxygens (including phenoxy) is 2. The van der Waals surface area contributed by atoms with Crippen molar-refractivity contribution in [2.45, 2.75) is 33.0 Å². The summed E-state index contributed by atoms with van der Waals surface area (Å²) in [5, 5.41) is 0. The van der Waals surface area contributed by atoms with Crippen molar-refractivity contribution < 1.29 is 9.47 Å². The molecule has 2 fully saturated rings. The van der Waals surface area contributed by atoms with Gasteiger partial charge in [0.2, 0.25) is 0 Å². The Morgan fingerprint density at radius 1 is 1.25 bits per heavy atom. The monoisotopic (exact) mass is 170 g/mol. The third-order valence-electron chi connectivity index (χ3n) is 3.17. The summed E-state index contributed by atoms with van der Waals surface area (Å²) in [6, 6.07) is 0. The van der Waals surface area contributed by atoms with Crippen LogP contribution in [0.15, 0.2) is 0 Å². The zero-order chi connectivity index (χ0) is 8.55. The Morgan fingerprint density at radius 3 is 2.83 bits per heavy atom. The molecule has 3 atom stereocenters. The second-order valence-corrected chi connectivity index (χ2v) is 4.29. The molecule has 2 rings (SSSR count). The molecule has 0 bridgehead atoms. The minimum absolute atomic E-state index is 0.131. The molecule has 3 unspecified atom stereocenters. The maximum atomic E-state index is 5.61. The quantitative estimate of drug-likeness (QED) is 0.599. The van der Waals surface area contributed by atoms with Crippen molar-refractivity contribution in [3.63, 3.8) is 0 Å². The lowest BCUT2D eigenvalue weighted by Gasteiger charge is -2.28. The first-order chi connectivity index (χ1) is 5.79. The van der Waals surface area contributed by atoms with Crippen LogP contribution in [-0.4, -0.2) is 19.5 Å². The summed E-state index contributed by atoms with van der Waals surface area (Å²) in [5.74, 6) is 2.15. The summed E-state index contributed by atoms with van der Waals surface area (Å²) in [6.45, 7) is 6.37. The molecule has 2 nitrogen and oxygen atoms in total. The molecule has 0 amide bonds. The summed E-state index contributed by atoms with van der Waals surface area (Å²) in [5.41, 5.74) is 0. The van der Waals surface area contributed by atoms with Crippen LogP contribution in [0, 0.1) is 17.8 Å². The summed E-state index contributed by atoms with van der Waals surface area (Å²) >= 11 is 0. The normalized spacial score (nSPS) is 41.8. The number of rotatable bonds is 1. The van der Waals surface area contributed by atoms with Gasteiger partial charge in [-0.15, -0.1) is 0 Å². The zero-order valence-electron chi connectivity index (χ0n) is 7.95. The number of fused-ring (bicyclic) bond motifs is 1. The molecule has 0 aromatic carbocycles. The highest BCUT2D eigenvalue weighted by molar-refractivity contribution is 4.83. The highest BCUT2D eigenvalue weighted by atomic mass is 16.7. The van der Waals surface area contributed by atoms with Gasteiger partial charge in [0.15, 0.2) is 6.29 Å². The molecule has 2 aliphatic rings. The van der Waals surface area contributed by atoms with E-state index in [1.807, 2.05) is 0 Å². The topological polar surface area (TPSA) is 18.5 Å². The summed E-state index contributed by atoms with van der Waals surface area (Å²) < 4.78 is 11.2. The van der Waals surface area contributed by atoms with Crippen molar-refractivity contribution >= 4 is 0 Å². The molecule has 0 saturated carbocycles. The maximum absolute atomic E-state index is 5.61. The van der Waals surface area contributed by atoms with Crippen LogP contribution in [0.2, 0.25) is 0 Å². The lowest BCUT2D eigenvalue weighted by atomic mass is 9.82. The smallest absolute Gasteiger partial charge is 0.160 e. The van der Waals surface area contributed by atoms with Gasteiger partial charge in [0, 0.05) is 12.5 Å². The van der Waals surface area contributed by atoms with E-state index < -0.39 is 0 Å². The summed E-state index contributed by atoms with van der Waals surface area (Å²) in [7, 11) is 0. The number of hydrogen-bond donors (Lipinski definition) is 0. The van der Waals surface area contributed by atoms with Crippen LogP contribution < -0.4 is 0 Å². The van der Waals surface area contributed by atoms with E-state index in [0.29, 0.717) is 5.92 Å². The van der Waals surface area contributed by atoms with Gasteiger partial charge in [-0.05, 0) is 24.7 Å². The van der Waals surface area contributed by atoms with E-state index in [9.17, 15) is 0 Å². The largest absolute Gasteiger partial charge is 0.352 e. The van der Waals surface area contributed by atoms with Gasteiger partial charge < -0.3 is 9.47 Å². The van der Waals surface area contributed by atoms with Gasteiger partial charge in [-0.3, -0.25) is 0 Å². The van der Waals surface area contributed by atoms with Crippen molar-refractivity contribution in [2.24, 2.45) is 17.8 Å². The van der Waals surface area contributed by atoms with Crippen LogP contribution in [-0.2, 0) is 9.47 Å². The Hall–Kier alpha value is -0.0800. The molecular formula is C10H18O2. The van der Waals surface area contributed by atoms with E-state index in [4.69, 9.17) is 9.47 Å². The van der Waals surface area contributed by atoms with Crippen molar-refractivity contribution in [3.05, 3.63) is 0 Å². The highest BCUT2D eigenvalue weighted by Crippen LogP contribution is 2.38. The van der Waals surface area contributed by atoms with Crippen LogP contribution >= 0.6 is 0 Å². The fraction of sp³-hybridized carbons (Fsp3) is 1.00. The molecule has 0 N–H and O–H groups in total. The Balaban J connectivity index is 2.01. The van der Waals surface area contributed by atoms with Crippen molar-refractivity contribution in [1.82, 2.24) is 0 Å². The molecule has 70 valence electrons. The van der Waals surface area contributed by atoms with Crippen LogP contribution in [0.25, 0.3) is 0 Å². The van der Waals surface area contributed by atoms with Crippen LogP contribution in [0.3, 0.4) is 0 Å². The summed E-state index contributed by atoms with van der Waals surface area (Å²) in [4.78, 5) is 0. The Morgan fingerprint density at radius 2 is 2.08 bits per heavy atom. The van der Waals surface area contributed by atoms with E-state index in [1.165, 1.54) is 12.8 Å². The zero-order valence-corrected chi connectivity index (χ0v) is 7.95. The molecule has 0 spiro atoms. The molecule has 2 aliphatic heterocycles. The SMILES string of the molecule is CC(C)C1COC2OCCCC21. The lowest BCUT2D eigenvalue weighted by molar-refractivity contribution is -0.151. The van der Waals surface area contributed by atoms with Gasteiger partial charge in [0.05, 0.1) is 6.61 Å². The van der Waals surface area contributed by atoms with E-state index in [1.54, 1.807) is 0 Å². The van der Waals surface area contributed by atoms with E-state index in [0.717, 1.165) is 25.0 Å². The molecule has 0 aliphatic carbocycles. The predicted molar refractivity (Wildman–Crippen MR) is 46.7 cm³/mol. The molecule has 0 aromatic rings. The van der Waals surface area contributed by atoms with Gasteiger partial charge in [0.25, 0.3) is 0 Å². The van der Waals surface area contributed by atoms with Gasteiger partial charge in [-0.2, -0.15) is 0 Å². The lowest BCUT2D eigenvalue weighted by Crippen LogP contribution is -2.30. The first-order valence-corrected chi connectivity index (χ1v) is 5.02. The molecule has 2 saturated heterocycles. The Kier molecular flexibility index (Phi) is 2.37. The highest BCUT2D eigenvalue weighted by Gasteiger charge is 2.40. The Bertz CT molecular complexity index is 156. The van der Waals surface area contributed by atoms with Crippen LogP contribution in [0.5, 0.6) is 0 Å². The fourth-order valence-electron chi connectivity index (χ4n) is 2.38. The summed E-state index contributed by atoms with van der Waals surface area (Å²) in [6.07, 6.45) is 2.65. The Labute approximate surface area is 74.2 Å². The van der Waals surface area contributed by atoms with E-state index in [2.05, 4.69) is 13.8 Å². The average Bonchev–Trinajstić information content (AvgIpc) is 2.47. The average molecular weight is 170 g/mol. The van der Waals surface area contributed by atoms with Gasteiger partial charge in [-0.25, -0.2) is 0 Å². The molecular weight excluding hydrogens is 152 g/mol. The first kappa shape index (κ1) is 8.52.